The molecule has 0 saturated heterocycles. The van der Waals surface area contributed by atoms with Crippen molar-refractivity contribution in [2.75, 3.05) is 13.7 Å². The van der Waals surface area contributed by atoms with Crippen molar-refractivity contribution in [3.63, 3.8) is 0 Å². The van der Waals surface area contributed by atoms with Crippen molar-refractivity contribution in [3.05, 3.63) is 30.0 Å². The number of fused-ring (bicyclic) bond motifs is 1. The van der Waals surface area contributed by atoms with E-state index in [0.717, 1.165) is 11.3 Å². The van der Waals surface area contributed by atoms with Crippen LogP contribution in [0.4, 0.5) is 0 Å². The first-order valence-electron chi connectivity index (χ1n) is 6.03. The second-order valence-corrected chi connectivity index (χ2v) is 4.71. The maximum atomic E-state index is 5.88. The predicted molar refractivity (Wildman–Crippen MR) is 71.5 cm³/mol. The largest absolute Gasteiger partial charge is 0.495 e. The lowest BCUT2D eigenvalue weighted by Gasteiger charge is -2.18. The summed E-state index contributed by atoms with van der Waals surface area (Å²) in [5, 5.41) is 1.22. The van der Waals surface area contributed by atoms with E-state index in [1.165, 1.54) is 10.9 Å². The minimum atomic E-state index is 0.385. The molecule has 0 spiro atoms. The minimum Gasteiger partial charge on any atom is -0.495 e. The van der Waals surface area contributed by atoms with Gasteiger partial charge < -0.3 is 15.5 Å². The summed E-state index contributed by atoms with van der Waals surface area (Å²) in [6.45, 7) is 5.08. The van der Waals surface area contributed by atoms with Crippen LogP contribution in [0.25, 0.3) is 10.9 Å². The molecule has 1 aromatic carbocycles. The fraction of sp³-hybridized carbons (Fsp3) is 0.429. The van der Waals surface area contributed by atoms with Gasteiger partial charge in [0, 0.05) is 17.5 Å². The maximum Gasteiger partial charge on any atom is 0.142 e. The van der Waals surface area contributed by atoms with Crippen LogP contribution in [-0.2, 0) is 0 Å². The Morgan fingerprint density at radius 3 is 2.71 bits per heavy atom. The van der Waals surface area contributed by atoms with Gasteiger partial charge in [-0.05, 0) is 24.1 Å². The normalized spacial score (nSPS) is 13.2. The molecule has 3 nitrogen and oxygen atoms in total. The number of rotatable bonds is 4. The Bertz CT molecular complexity index is 502. The van der Waals surface area contributed by atoms with Crippen LogP contribution in [-0.4, -0.2) is 18.6 Å². The van der Waals surface area contributed by atoms with Crippen LogP contribution in [0.15, 0.2) is 24.4 Å². The Kier molecular flexibility index (Phi) is 3.38. The molecule has 0 aliphatic carbocycles. The summed E-state index contributed by atoms with van der Waals surface area (Å²) in [5.74, 6) is 1.80. The summed E-state index contributed by atoms with van der Waals surface area (Å²) < 4.78 is 5.35. The van der Waals surface area contributed by atoms with Crippen molar-refractivity contribution in [1.82, 2.24) is 4.98 Å². The van der Waals surface area contributed by atoms with Crippen molar-refractivity contribution in [3.8, 4) is 5.75 Å². The lowest BCUT2D eigenvalue weighted by atomic mass is 9.88. The molecule has 1 aromatic heterocycles. The van der Waals surface area contributed by atoms with Crippen LogP contribution in [0.2, 0.25) is 0 Å². The number of ether oxygens (including phenoxy) is 1. The van der Waals surface area contributed by atoms with Gasteiger partial charge in [-0.3, -0.25) is 0 Å². The van der Waals surface area contributed by atoms with E-state index in [4.69, 9.17) is 10.5 Å². The van der Waals surface area contributed by atoms with Gasteiger partial charge in [0.25, 0.3) is 0 Å². The number of H-pyrrole nitrogens is 1. The maximum absolute atomic E-state index is 5.88. The Hall–Kier alpha value is -1.48. The molecule has 92 valence electrons. The molecule has 0 aliphatic rings. The molecule has 0 fully saturated rings. The molecule has 0 amide bonds. The fourth-order valence-electron chi connectivity index (χ4n) is 2.38. The van der Waals surface area contributed by atoms with Gasteiger partial charge in [0.1, 0.15) is 5.75 Å². The number of hydrogen-bond acceptors (Lipinski definition) is 2. The molecule has 0 bridgehead atoms. The van der Waals surface area contributed by atoms with Gasteiger partial charge in [0.2, 0.25) is 0 Å². The molecule has 2 rings (SSSR count). The van der Waals surface area contributed by atoms with E-state index in [0.29, 0.717) is 18.4 Å². The Balaban J connectivity index is 2.56. The highest BCUT2D eigenvalue weighted by Crippen LogP contribution is 2.33. The van der Waals surface area contributed by atoms with E-state index in [9.17, 15) is 0 Å². The average molecular weight is 232 g/mol. The Morgan fingerprint density at radius 2 is 2.12 bits per heavy atom. The topological polar surface area (TPSA) is 51.0 Å². The van der Waals surface area contributed by atoms with Crippen molar-refractivity contribution in [2.45, 2.75) is 19.8 Å². The minimum absolute atomic E-state index is 0.385. The number of benzene rings is 1. The molecule has 17 heavy (non-hydrogen) atoms. The smallest absolute Gasteiger partial charge is 0.142 e. The second-order valence-electron chi connectivity index (χ2n) is 4.71. The average Bonchev–Trinajstić information content (AvgIpc) is 2.73. The Morgan fingerprint density at radius 1 is 1.35 bits per heavy atom. The van der Waals surface area contributed by atoms with Crippen molar-refractivity contribution in [1.29, 1.82) is 0 Å². The number of hydrogen-bond donors (Lipinski definition) is 2. The summed E-state index contributed by atoms with van der Waals surface area (Å²) in [5.41, 5.74) is 8.23. The molecular formula is C14H20N2O. The first-order valence-corrected chi connectivity index (χ1v) is 6.03. The lowest BCUT2D eigenvalue weighted by Crippen LogP contribution is -2.17. The number of nitrogens with two attached hydrogens (primary N) is 1. The first-order chi connectivity index (χ1) is 8.19. The van der Waals surface area contributed by atoms with Crippen LogP contribution >= 0.6 is 0 Å². The van der Waals surface area contributed by atoms with Gasteiger partial charge in [0.05, 0.1) is 12.6 Å². The van der Waals surface area contributed by atoms with Crippen molar-refractivity contribution >= 4 is 10.9 Å². The number of nitrogens with one attached hydrogen (secondary N) is 1. The van der Waals surface area contributed by atoms with Crippen LogP contribution < -0.4 is 10.5 Å². The first kappa shape index (κ1) is 12.0. The number of para-hydroxylation sites is 1. The zero-order valence-corrected chi connectivity index (χ0v) is 10.7. The molecule has 1 unspecified atom stereocenters. The molecule has 0 radical (unpaired) electrons. The molecule has 0 aliphatic heterocycles. The highest BCUT2D eigenvalue weighted by Gasteiger charge is 2.18. The fourth-order valence-corrected chi connectivity index (χ4v) is 2.38. The molecule has 2 aromatic rings. The summed E-state index contributed by atoms with van der Waals surface area (Å²) >= 11 is 0. The van der Waals surface area contributed by atoms with Crippen LogP contribution in [0.5, 0.6) is 5.75 Å². The van der Waals surface area contributed by atoms with Gasteiger partial charge in [-0.15, -0.1) is 0 Å². The van der Waals surface area contributed by atoms with Gasteiger partial charge in [-0.25, -0.2) is 0 Å². The lowest BCUT2D eigenvalue weighted by molar-refractivity contribution is 0.419. The quantitative estimate of drug-likeness (QED) is 0.851. The standard InChI is InChI=1S/C14H20N2O/c1-9(2)11(7-15)12-8-16-14-10(12)5-4-6-13(14)17-3/h4-6,8-9,11,16H,7,15H2,1-3H3. The zero-order valence-electron chi connectivity index (χ0n) is 10.7. The number of methoxy groups -OCH3 is 1. The van der Waals surface area contributed by atoms with E-state index in [1.807, 2.05) is 12.1 Å². The van der Waals surface area contributed by atoms with Gasteiger partial charge in [0.15, 0.2) is 0 Å². The zero-order chi connectivity index (χ0) is 12.4. The molecule has 1 heterocycles. The number of aromatic nitrogens is 1. The van der Waals surface area contributed by atoms with Crippen molar-refractivity contribution < 1.29 is 4.74 Å². The monoisotopic (exact) mass is 232 g/mol. The summed E-state index contributed by atoms with van der Waals surface area (Å²) in [4.78, 5) is 3.30. The molecular weight excluding hydrogens is 212 g/mol. The van der Waals surface area contributed by atoms with Crippen LogP contribution in [0, 0.1) is 5.92 Å². The summed E-state index contributed by atoms with van der Waals surface area (Å²) in [7, 11) is 1.69. The molecule has 3 N–H and O–H groups in total. The van der Waals surface area contributed by atoms with Gasteiger partial charge >= 0.3 is 0 Å². The Labute approximate surface area is 102 Å². The van der Waals surface area contributed by atoms with E-state index >= 15 is 0 Å². The van der Waals surface area contributed by atoms with E-state index in [-0.39, 0.29) is 0 Å². The van der Waals surface area contributed by atoms with E-state index < -0.39 is 0 Å². The second kappa shape index (κ2) is 4.80. The van der Waals surface area contributed by atoms with Gasteiger partial charge in [-0.1, -0.05) is 26.0 Å². The summed E-state index contributed by atoms with van der Waals surface area (Å²) in [6.07, 6.45) is 2.06. The third kappa shape index (κ3) is 2.03. The summed E-state index contributed by atoms with van der Waals surface area (Å²) in [6, 6.07) is 6.11. The van der Waals surface area contributed by atoms with E-state index in [1.54, 1.807) is 7.11 Å². The third-order valence-corrected chi connectivity index (χ3v) is 3.39. The third-order valence-electron chi connectivity index (χ3n) is 3.39. The highest BCUT2D eigenvalue weighted by atomic mass is 16.5. The van der Waals surface area contributed by atoms with Crippen molar-refractivity contribution in [2.24, 2.45) is 11.7 Å². The molecule has 1 atom stereocenters. The number of aromatic amines is 1. The van der Waals surface area contributed by atoms with Gasteiger partial charge in [-0.2, -0.15) is 0 Å². The SMILES string of the molecule is COc1cccc2c(C(CN)C(C)C)c[nH]c12. The van der Waals surface area contributed by atoms with E-state index in [2.05, 4.69) is 31.1 Å². The molecule has 3 heteroatoms. The molecule has 0 saturated carbocycles. The van der Waals surface area contributed by atoms with Crippen LogP contribution in [0.1, 0.15) is 25.3 Å². The highest BCUT2D eigenvalue weighted by molar-refractivity contribution is 5.88. The van der Waals surface area contributed by atoms with Crippen LogP contribution in [0.3, 0.4) is 0 Å². The predicted octanol–water partition coefficient (Wildman–Crippen LogP) is 2.87.